The summed E-state index contributed by atoms with van der Waals surface area (Å²) in [7, 11) is 0. The molecule has 0 atom stereocenters. The number of hydrogen-bond donors (Lipinski definition) is 1. The summed E-state index contributed by atoms with van der Waals surface area (Å²) in [6.45, 7) is 4.19. The first-order valence-electron chi connectivity index (χ1n) is 5.74. The van der Waals surface area contributed by atoms with Crippen LogP contribution in [-0.4, -0.2) is 36.6 Å². The Hall–Kier alpha value is -0.590. The number of nitrogens with one attached hydrogen (secondary N) is 1. The van der Waals surface area contributed by atoms with Gasteiger partial charge in [0.25, 0.3) is 0 Å². The fourth-order valence-electron chi connectivity index (χ4n) is 2.73. The van der Waals surface area contributed by atoms with Crippen molar-refractivity contribution in [2.45, 2.75) is 37.6 Å². The predicted octanol–water partition coefficient (Wildman–Crippen LogP) is 1.12. The van der Waals surface area contributed by atoms with E-state index in [2.05, 4.69) is 16.3 Å². The first-order valence-corrected chi connectivity index (χ1v) is 5.74. The Morgan fingerprint density at radius 3 is 2.29 bits per heavy atom. The molecule has 0 spiro atoms. The molecule has 1 heterocycles. The summed E-state index contributed by atoms with van der Waals surface area (Å²) >= 11 is 0. The van der Waals surface area contributed by atoms with Crippen LogP contribution in [0.25, 0.3) is 0 Å². The average Bonchev–Trinajstić information content (AvgIpc) is 2.31. The number of nitrogens with zero attached hydrogens (tertiary/aromatic N) is 2. The van der Waals surface area contributed by atoms with Gasteiger partial charge in [-0.25, -0.2) is 0 Å². The van der Waals surface area contributed by atoms with Gasteiger partial charge in [-0.2, -0.15) is 5.26 Å². The molecular formula is C11H19N3. The molecule has 1 aliphatic heterocycles. The third kappa shape index (κ3) is 1.77. The lowest BCUT2D eigenvalue weighted by atomic mass is 9.81. The van der Waals surface area contributed by atoms with Crippen molar-refractivity contribution in [1.82, 2.24) is 10.2 Å². The van der Waals surface area contributed by atoms with Gasteiger partial charge in [0.15, 0.2) is 0 Å². The first kappa shape index (κ1) is 9.95. The lowest BCUT2D eigenvalue weighted by Gasteiger charge is -2.43. The highest BCUT2D eigenvalue weighted by Gasteiger charge is 2.38. The molecule has 0 amide bonds. The highest BCUT2D eigenvalue weighted by molar-refractivity contribution is 5.10. The topological polar surface area (TPSA) is 39.1 Å². The minimum Gasteiger partial charge on any atom is -0.314 e. The SMILES string of the molecule is N#CC1(N2CCNCC2)CCCCC1. The van der Waals surface area contributed by atoms with Crippen molar-refractivity contribution >= 4 is 0 Å². The van der Waals surface area contributed by atoms with E-state index in [4.69, 9.17) is 0 Å². The summed E-state index contributed by atoms with van der Waals surface area (Å²) in [6.07, 6.45) is 5.96. The van der Waals surface area contributed by atoms with Crippen LogP contribution >= 0.6 is 0 Å². The maximum atomic E-state index is 9.38. The van der Waals surface area contributed by atoms with Crippen LogP contribution in [0.5, 0.6) is 0 Å². The van der Waals surface area contributed by atoms with Crippen LogP contribution in [0, 0.1) is 11.3 Å². The van der Waals surface area contributed by atoms with Gasteiger partial charge in [-0.1, -0.05) is 19.3 Å². The van der Waals surface area contributed by atoms with E-state index in [1.165, 1.54) is 19.3 Å². The lowest BCUT2D eigenvalue weighted by Crippen LogP contribution is -2.56. The van der Waals surface area contributed by atoms with Crippen molar-refractivity contribution in [3.05, 3.63) is 0 Å². The molecule has 78 valence electrons. The molecule has 0 bridgehead atoms. The minimum atomic E-state index is -0.111. The fraction of sp³-hybridized carbons (Fsp3) is 0.909. The van der Waals surface area contributed by atoms with E-state index in [9.17, 15) is 5.26 Å². The van der Waals surface area contributed by atoms with Crippen LogP contribution in [0.2, 0.25) is 0 Å². The van der Waals surface area contributed by atoms with Gasteiger partial charge in [0, 0.05) is 26.2 Å². The van der Waals surface area contributed by atoms with Gasteiger partial charge in [-0.05, 0) is 12.8 Å². The van der Waals surface area contributed by atoms with Gasteiger partial charge >= 0.3 is 0 Å². The zero-order chi connectivity index (χ0) is 9.86. The van der Waals surface area contributed by atoms with Gasteiger partial charge in [0.1, 0.15) is 5.54 Å². The molecule has 0 unspecified atom stereocenters. The van der Waals surface area contributed by atoms with Gasteiger partial charge in [-0.3, -0.25) is 4.90 Å². The summed E-state index contributed by atoms with van der Waals surface area (Å²) in [5.41, 5.74) is -0.111. The molecule has 0 radical (unpaired) electrons. The molecule has 3 nitrogen and oxygen atoms in total. The van der Waals surface area contributed by atoms with E-state index >= 15 is 0 Å². The Morgan fingerprint density at radius 1 is 1.07 bits per heavy atom. The van der Waals surface area contributed by atoms with E-state index in [1.54, 1.807) is 0 Å². The second kappa shape index (κ2) is 4.29. The number of nitriles is 1. The minimum absolute atomic E-state index is 0.111. The summed E-state index contributed by atoms with van der Waals surface area (Å²) in [5.74, 6) is 0. The van der Waals surface area contributed by atoms with Gasteiger partial charge < -0.3 is 5.32 Å². The maximum Gasteiger partial charge on any atom is 0.109 e. The highest BCUT2D eigenvalue weighted by Crippen LogP contribution is 2.33. The maximum absolute atomic E-state index is 9.38. The van der Waals surface area contributed by atoms with E-state index in [0.29, 0.717) is 0 Å². The van der Waals surface area contributed by atoms with Crippen LogP contribution in [0.4, 0.5) is 0 Å². The van der Waals surface area contributed by atoms with Crippen LogP contribution in [-0.2, 0) is 0 Å². The zero-order valence-electron chi connectivity index (χ0n) is 8.76. The molecule has 2 fully saturated rings. The highest BCUT2D eigenvalue weighted by atomic mass is 15.2. The number of hydrogen-bond acceptors (Lipinski definition) is 3. The fourth-order valence-corrected chi connectivity index (χ4v) is 2.73. The molecule has 1 N–H and O–H groups in total. The summed E-state index contributed by atoms with van der Waals surface area (Å²) in [5, 5.41) is 12.7. The van der Waals surface area contributed by atoms with E-state index < -0.39 is 0 Å². The van der Waals surface area contributed by atoms with Crippen LogP contribution in [0.1, 0.15) is 32.1 Å². The molecule has 0 aromatic carbocycles. The quantitative estimate of drug-likeness (QED) is 0.678. The van der Waals surface area contributed by atoms with E-state index in [1.807, 2.05) is 0 Å². The van der Waals surface area contributed by atoms with E-state index in [-0.39, 0.29) is 5.54 Å². The molecule has 1 aliphatic carbocycles. The van der Waals surface area contributed by atoms with Gasteiger partial charge in [0.2, 0.25) is 0 Å². The lowest BCUT2D eigenvalue weighted by molar-refractivity contribution is 0.0844. The van der Waals surface area contributed by atoms with Crippen LogP contribution in [0.15, 0.2) is 0 Å². The van der Waals surface area contributed by atoms with Crippen molar-refractivity contribution in [2.75, 3.05) is 26.2 Å². The van der Waals surface area contributed by atoms with Gasteiger partial charge in [-0.15, -0.1) is 0 Å². The average molecular weight is 193 g/mol. The normalized spacial score (nSPS) is 28.2. The molecule has 3 heteroatoms. The second-order valence-corrected chi connectivity index (χ2v) is 4.44. The molecule has 0 aromatic heterocycles. The third-order valence-corrected chi connectivity index (χ3v) is 3.61. The Kier molecular flexibility index (Phi) is 3.05. The van der Waals surface area contributed by atoms with Crippen molar-refractivity contribution in [2.24, 2.45) is 0 Å². The number of piperazine rings is 1. The summed E-state index contributed by atoms with van der Waals surface area (Å²) in [4.78, 5) is 2.41. The first-order chi connectivity index (χ1) is 6.87. The predicted molar refractivity (Wildman–Crippen MR) is 55.9 cm³/mol. The second-order valence-electron chi connectivity index (χ2n) is 4.44. The Labute approximate surface area is 86.1 Å². The standard InChI is InChI=1S/C11H19N3/c12-10-11(4-2-1-3-5-11)14-8-6-13-7-9-14/h13H,1-9H2. The smallest absolute Gasteiger partial charge is 0.109 e. The van der Waals surface area contributed by atoms with Gasteiger partial charge in [0.05, 0.1) is 6.07 Å². The monoisotopic (exact) mass is 193 g/mol. The van der Waals surface area contributed by atoms with E-state index in [0.717, 1.165) is 39.0 Å². The molecule has 2 aliphatic rings. The Morgan fingerprint density at radius 2 is 1.71 bits per heavy atom. The molecule has 0 aromatic rings. The van der Waals surface area contributed by atoms with Crippen molar-refractivity contribution < 1.29 is 0 Å². The Bertz CT molecular complexity index is 219. The van der Waals surface area contributed by atoms with Crippen molar-refractivity contribution in [1.29, 1.82) is 5.26 Å². The molecule has 2 rings (SSSR count). The summed E-state index contributed by atoms with van der Waals surface area (Å²) < 4.78 is 0. The Balaban J connectivity index is 2.06. The molecule has 1 saturated carbocycles. The van der Waals surface area contributed by atoms with Crippen LogP contribution < -0.4 is 5.32 Å². The number of rotatable bonds is 1. The zero-order valence-corrected chi connectivity index (χ0v) is 8.76. The van der Waals surface area contributed by atoms with Crippen LogP contribution in [0.3, 0.4) is 0 Å². The largest absolute Gasteiger partial charge is 0.314 e. The van der Waals surface area contributed by atoms with Crippen molar-refractivity contribution in [3.63, 3.8) is 0 Å². The molecule has 14 heavy (non-hydrogen) atoms. The van der Waals surface area contributed by atoms with Crippen molar-refractivity contribution in [3.8, 4) is 6.07 Å². The molecular weight excluding hydrogens is 174 g/mol. The third-order valence-electron chi connectivity index (χ3n) is 3.61. The summed E-state index contributed by atoms with van der Waals surface area (Å²) in [6, 6.07) is 2.59. The molecule has 1 saturated heterocycles.